The first-order valence-corrected chi connectivity index (χ1v) is 12.8. The normalized spacial score (nSPS) is 14.3. The van der Waals surface area contributed by atoms with Crippen LogP contribution in [0.15, 0.2) is 113 Å². The van der Waals surface area contributed by atoms with Gasteiger partial charge in [0.2, 0.25) is 11.8 Å². The van der Waals surface area contributed by atoms with Crippen LogP contribution in [0.4, 0.5) is 11.6 Å². The van der Waals surface area contributed by atoms with Crippen molar-refractivity contribution in [2.45, 2.75) is 19.6 Å². The zero-order valence-corrected chi connectivity index (χ0v) is 22.0. The number of hydrogen-bond donors (Lipinski definition) is 2. The maximum absolute atomic E-state index is 13.8. The van der Waals surface area contributed by atoms with Crippen molar-refractivity contribution < 1.29 is 18.7 Å². The number of carbonyl (C=O) groups excluding carboxylic acids is 1. The monoisotopic (exact) mass is 533 g/mol. The average molecular weight is 534 g/mol. The number of nitrogens with zero attached hydrogens (tertiary/aromatic N) is 3. The third-order valence-corrected chi connectivity index (χ3v) is 6.64. The molecule has 9 heteroatoms. The molecular formula is C31H27N5O4. The van der Waals surface area contributed by atoms with Gasteiger partial charge in [-0.1, -0.05) is 54.6 Å². The fourth-order valence-electron chi connectivity index (χ4n) is 4.69. The molecule has 0 fully saturated rings. The van der Waals surface area contributed by atoms with Crippen LogP contribution in [0.3, 0.4) is 0 Å². The molecule has 40 heavy (non-hydrogen) atoms. The number of amides is 1. The molecule has 200 valence electrons. The fourth-order valence-corrected chi connectivity index (χ4v) is 4.69. The molecule has 1 atom stereocenters. The van der Waals surface area contributed by atoms with Gasteiger partial charge in [-0.2, -0.15) is 4.98 Å². The van der Waals surface area contributed by atoms with Crippen molar-refractivity contribution in [1.82, 2.24) is 14.8 Å². The fraction of sp³-hybridized carbons (Fsp3) is 0.129. The molecule has 0 bridgehead atoms. The minimum Gasteiger partial charge on any atom is -0.495 e. The Morgan fingerprint density at radius 3 is 2.52 bits per heavy atom. The number of benzene rings is 3. The zero-order chi connectivity index (χ0) is 27.5. The van der Waals surface area contributed by atoms with Crippen LogP contribution >= 0.6 is 0 Å². The van der Waals surface area contributed by atoms with Gasteiger partial charge in [0, 0.05) is 5.70 Å². The minimum absolute atomic E-state index is 0.287. The molecule has 1 unspecified atom stereocenters. The lowest BCUT2D eigenvalue weighted by atomic mass is 9.95. The number of rotatable bonds is 8. The lowest BCUT2D eigenvalue weighted by molar-refractivity contribution is -0.113. The lowest BCUT2D eigenvalue weighted by Gasteiger charge is -2.29. The van der Waals surface area contributed by atoms with Crippen LogP contribution < -0.4 is 20.1 Å². The predicted molar refractivity (Wildman–Crippen MR) is 151 cm³/mol. The topological polar surface area (TPSA) is 103 Å². The number of fused-ring (bicyclic) bond motifs is 1. The summed E-state index contributed by atoms with van der Waals surface area (Å²) in [5, 5.41) is 11.0. The highest BCUT2D eigenvalue weighted by Crippen LogP contribution is 2.38. The lowest BCUT2D eigenvalue weighted by Crippen LogP contribution is -2.31. The molecule has 1 amide bonds. The molecule has 9 nitrogen and oxygen atoms in total. The molecule has 0 radical (unpaired) electrons. The Bertz CT molecular complexity index is 1660. The third-order valence-electron chi connectivity index (χ3n) is 6.64. The van der Waals surface area contributed by atoms with Crippen LogP contribution in [0.1, 0.15) is 24.1 Å². The number of furan rings is 1. The second-order valence-corrected chi connectivity index (χ2v) is 9.24. The molecule has 5 aromatic rings. The second kappa shape index (κ2) is 10.8. The number of allylic oxidation sites excluding steroid dienone is 1. The summed E-state index contributed by atoms with van der Waals surface area (Å²) in [5.41, 5.74) is 3.64. The Labute approximate surface area is 231 Å². The summed E-state index contributed by atoms with van der Waals surface area (Å²) in [6, 6.07) is 28.0. The number of aromatic nitrogens is 3. The first-order valence-electron chi connectivity index (χ1n) is 12.8. The van der Waals surface area contributed by atoms with E-state index in [1.165, 1.54) is 0 Å². The first kappa shape index (κ1) is 25.0. The molecule has 0 spiro atoms. The smallest absolute Gasteiger partial charge is 0.255 e. The van der Waals surface area contributed by atoms with Crippen molar-refractivity contribution in [3.8, 4) is 23.1 Å². The van der Waals surface area contributed by atoms with Crippen LogP contribution in [0, 0.1) is 0 Å². The average Bonchev–Trinajstić information content (AvgIpc) is 3.67. The Morgan fingerprint density at radius 1 is 1.00 bits per heavy atom. The van der Waals surface area contributed by atoms with Gasteiger partial charge in [-0.3, -0.25) is 4.79 Å². The van der Waals surface area contributed by atoms with Crippen LogP contribution in [-0.4, -0.2) is 27.8 Å². The Morgan fingerprint density at radius 2 is 1.77 bits per heavy atom. The van der Waals surface area contributed by atoms with E-state index in [1.54, 1.807) is 42.3 Å². The van der Waals surface area contributed by atoms with E-state index in [9.17, 15) is 4.79 Å². The molecule has 0 aliphatic carbocycles. The standard InChI is InChI=1S/C31H27N5O4/c1-20-27(30(37)33-24-11-6-7-12-25(24)38-2)28(36-31(32-20)34-29(35-36)26-13-8-18-39-26)22-14-16-23(17-15-22)40-19-21-9-4-3-5-10-21/h3-18,28H,19H2,1-2H3,(H,33,37)(H,32,34,35). The SMILES string of the molecule is COc1ccccc1NC(=O)C1=C(C)Nc2nc(-c3ccco3)nn2C1c1ccc(OCc2ccccc2)cc1. The number of hydrogen-bond acceptors (Lipinski definition) is 7. The van der Waals surface area contributed by atoms with Crippen LogP contribution in [-0.2, 0) is 11.4 Å². The van der Waals surface area contributed by atoms with Crippen LogP contribution in [0.2, 0.25) is 0 Å². The van der Waals surface area contributed by atoms with E-state index in [-0.39, 0.29) is 5.91 Å². The summed E-state index contributed by atoms with van der Waals surface area (Å²) >= 11 is 0. The summed E-state index contributed by atoms with van der Waals surface area (Å²) in [6.45, 7) is 2.31. The van der Waals surface area contributed by atoms with E-state index >= 15 is 0 Å². The molecule has 2 N–H and O–H groups in total. The number of ether oxygens (including phenoxy) is 2. The number of anilines is 2. The Kier molecular flexibility index (Phi) is 6.76. The van der Waals surface area contributed by atoms with Crippen molar-refractivity contribution >= 4 is 17.5 Å². The number of para-hydroxylation sites is 2. The van der Waals surface area contributed by atoms with Gasteiger partial charge >= 0.3 is 0 Å². The molecule has 1 aliphatic rings. The molecule has 0 saturated carbocycles. The van der Waals surface area contributed by atoms with Crippen molar-refractivity contribution in [2.24, 2.45) is 0 Å². The van der Waals surface area contributed by atoms with Crippen molar-refractivity contribution in [3.05, 3.63) is 120 Å². The largest absolute Gasteiger partial charge is 0.495 e. The number of nitrogens with one attached hydrogen (secondary N) is 2. The summed E-state index contributed by atoms with van der Waals surface area (Å²) < 4.78 is 18.7. The number of methoxy groups -OCH3 is 1. The van der Waals surface area contributed by atoms with Crippen molar-refractivity contribution in [1.29, 1.82) is 0 Å². The Balaban J connectivity index is 1.35. The van der Waals surface area contributed by atoms with Crippen LogP contribution in [0.5, 0.6) is 11.5 Å². The molecule has 3 heterocycles. The highest BCUT2D eigenvalue weighted by Gasteiger charge is 2.35. The van der Waals surface area contributed by atoms with Crippen molar-refractivity contribution in [2.75, 3.05) is 17.7 Å². The van der Waals surface area contributed by atoms with Gasteiger partial charge < -0.3 is 24.5 Å². The predicted octanol–water partition coefficient (Wildman–Crippen LogP) is 6.05. The highest BCUT2D eigenvalue weighted by molar-refractivity contribution is 6.06. The van der Waals surface area contributed by atoms with E-state index in [1.807, 2.05) is 73.7 Å². The Hall–Kier alpha value is -5.31. The first-order chi connectivity index (χ1) is 19.6. The van der Waals surface area contributed by atoms with Gasteiger partial charge in [0.25, 0.3) is 5.91 Å². The molecule has 1 aliphatic heterocycles. The van der Waals surface area contributed by atoms with Gasteiger partial charge in [0.05, 0.1) is 24.6 Å². The summed E-state index contributed by atoms with van der Waals surface area (Å²) in [7, 11) is 1.57. The van der Waals surface area contributed by atoms with E-state index in [4.69, 9.17) is 19.0 Å². The minimum atomic E-state index is -0.564. The summed E-state index contributed by atoms with van der Waals surface area (Å²) in [6.07, 6.45) is 1.57. The third kappa shape index (κ3) is 4.92. The zero-order valence-electron chi connectivity index (χ0n) is 22.0. The maximum Gasteiger partial charge on any atom is 0.255 e. The molecule has 2 aromatic heterocycles. The summed E-state index contributed by atoms with van der Waals surface area (Å²) in [5.74, 6) is 2.45. The van der Waals surface area contributed by atoms with E-state index < -0.39 is 6.04 Å². The number of carbonyl (C=O) groups is 1. The van der Waals surface area contributed by atoms with Crippen molar-refractivity contribution in [3.63, 3.8) is 0 Å². The summed E-state index contributed by atoms with van der Waals surface area (Å²) in [4.78, 5) is 18.5. The quantitative estimate of drug-likeness (QED) is 0.250. The van der Waals surface area contributed by atoms with E-state index in [0.29, 0.717) is 46.8 Å². The molecule has 6 rings (SSSR count). The van der Waals surface area contributed by atoms with Gasteiger partial charge in [-0.05, 0) is 54.4 Å². The van der Waals surface area contributed by atoms with Gasteiger partial charge in [-0.25, -0.2) is 4.68 Å². The highest BCUT2D eigenvalue weighted by atomic mass is 16.5. The van der Waals surface area contributed by atoms with Gasteiger partial charge in [0.1, 0.15) is 24.1 Å². The van der Waals surface area contributed by atoms with Gasteiger partial charge in [0.15, 0.2) is 5.76 Å². The van der Waals surface area contributed by atoms with Crippen LogP contribution in [0.25, 0.3) is 11.6 Å². The van der Waals surface area contributed by atoms with E-state index in [0.717, 1.165) is 16.9 Å². The maximum atomic E-state index is 13.8. The second-order valence-electron chi connectivity index (χ2n) is 9.24. The van der Waals surface area contributed by atoms with Gasteiger partial charge in [-0.15, -0.1) is 5.10 Å². The molecule has 3 aromatic carbocycles. The van der Waals surface area contributed by atoms with E-state index in [2.05, 4.69) is 15.6 Å². The molecule has 0 saturated heterocycles. The molecular weight excluding hydrogens is 506 g/mol.